The molecule has 7 nitrogen and oxygen atoms in total. The molecule has 11 heteroatoms. The number of carbonyl (C=O) groups excluding carboxylic acids is 2. The molecule has 31 heavy (non-hydrogen) atoms. The van der Waals surface area contributed by atoms with Crippen molar-refractivity contribution in [2.45, 2.75) is 17.8 Å². The fourth-order valence-corrected chi connectivity index (χ4v) is 5.94. The Labute approximate surface area is 195 Å². The van der Waals surface area contributed by atoms with Crippen molar-refractivity contribution in [3.63, 3.8) is 0 Å². The van der Waals surface area contributed by atoms with Crippen LogP contribution in [0, 0.1) is 0 Å². The van der Waals surface area contributed by atoms with Gasteiger partial charge in [0.1, 0.15) is 22.3 Å². The lowest BCUT2D eigenvalue weighted by Crippen LogP contribution is -2.70. The molecule has 0 aliphatic carbocycles. The number of aromatic nitrogens is 1. The van der Waals surface area contributed by atoms with Crippen LogP contribution in [0.1, 0.15) is 10.4 Å². The number of thiazole rings is 1. The second-order valence-corrected chi connectivity index (χ2v) is 9.83. The molecule has 0 bridgehead atoms. The first kappa shape index (κ1) is 21.9. The first-order chi connectivity index (χ1) is 14.8. The highest BCUT2D eigenvalue weighted by Gasteiger charge is 2.53. The summed E-state index contributed by atoms with van der Waals surface area (Å²) in [6.07, 6.45) is 3.39. The van der Waals surface area contributed by atoms with Crippen molar-refractivity contribution in [2.24, 2.45) is 0 Å². The van der Waals surface area contributed by atoms with Crippen LogP contribution in [0.2, 0.25) is 9.62 Å². The van der Waals surface area contributed by atoms with Crippen molar-refractivity contribution in [3.8, 4) is 0 Å². The van der Waals surface area contributed by atoms with E-state index < -0.39 is 23.3 Å². The predicted molar refractivity (Wildman–Crippen MR) is 121 cm³/mol. The number of thioether (sulfide) groups is 1. The van der Waals surface area contributed by atoms with E-state index in [9.17, 15) is 19.5 Å². The second-order valence-electron chi connectivity index (χ2n) is 6.75. The maximum Gasteiger partial charge on any atom is 0.352 e. The molecule has 2 N–H and O–H groups in total. The molecule has 0 spiro atoms. The number of carboxylic acids is 1. The van der Waals surface area contributed by atoms with Crippen molar-refractivity contribution in [1.82, 2.24) is 15.2 Å². The molecule has 1 aromatic carbocycles. The fourth-order valence-electron chi connectivity index (χ4n) is 3.34. The summed E-state index contributed by atoms with van der Waals surface area (Å²) in [6, 6.07) is 8.43. The van der Waals surface area contributed by atoms with Gasteiger partial charge in [-0.1, -0.05) is 59.6 Å². The van der Waals surface area contributed by atoms with Crippen LogP contribution in [0.4, 0.5) is 0 Å². The predicted octanol–water partition coefficient (Wildman–Crippen LogP) is 3.44. The molecule has 1 saturated heterocycles. The monoisotopic (exact) mass is 495 g/mol. The Bertz CT molecular complexity index is 1120. The van der Waals surface area contributed by atoms with Crippen LogP contribution >= 0.6 is 46.3 Å². The molecular formula is C20H15Cl2N3O4S2. The van der Waals surface area contributed by atoms with E-state index in [1.54, 1.807) is 12.2 Å². The number of nitrogens with zero attached hydrogens (tertiary/aromatic N) is 2. The van der Waals surface area contributed by atoms with Gasteiger partial charge >= 0.3 is 5.97 Å². The summed E-state index contributed by atoms with van der Waals surface area (Å²) < 4.78 is 0.280. The number of hydrogen-bond donors (Lipinski definition) is 2. The van der Waals surface area contributed by atoms with E-state index in [0.717, 1.165) is 5.56 Å². The summed E-state index contributed by atoms with van der Waals surface area (Å²) in [5.74, 6) is -1.57. The van der Waals surface area contributed by atoms with Crippen LogP contribution in [-0.2, 0) is 20.8 Å². The summed E-state index contributed by atoms with van der Waals surface area (Å²) in [6.45, 7) is 0. The van der Waals surface area contributed by atoms with Gasteiger partial charge in [0.05, 0.1) is 11.3 Å². The summed E-state index contributed by atoms with van der Waals surface area (Å²) in [5.41, 5.74) is 1.21. The number of carbonyl (C=O) groups is 3. The number of nitrogens with one attached hydrogen (secondary N) is 1. The molecule has 0 saturated carbocycles. The normalized spacial score (nSPS) is 20.6. The summed E-state index contributed by atoms with van der Waals surface area (Å²) >= 11 is 14.4. The van der Waals surface area contributed by atoms with Crippen molar-refractivity contribution in [1.29, 1.82) is 0 Å². The van der Waals surface area contributed by atoms with Gasteiger partial charge in [-0.05, 0) is 17.2 Å². The minimum atomic E-state index is -1.21. The molecule has 1 aromatic heterocycles. The van der Waals surface area contributed by atoms with Crippen LogP contribution in [0.15, 0.2) is 47.7 Å². The number of β-lactam (4-membered cyclic amide) rings is 1. The third kappa shape index (κ3) is 4.50. The van der Waals surface area contributed by atoms with Crippen LogP contribution in [0.3, 0.4) is 0 Å². The van der Waals surface area contributed by atoms with Gasteiger partial charge < -0.3 is 10.4 Å². The SMILES string of the molecule is O=C(Cc1ccccc1)NC1C(=O)N2C(C(=O)O)=C(C=Cc3sc(Cl)nc3Cl)CS[C@H]12. The average Bonchev–Trinajstić information content (AvgIpc) is 3.07. The fraction of sp³-hybridized carbons (Fsp3) is 0.200. The molecule has 160 valence electrons. The number of carboxylic acid groups (broad SMARTS) is 1. The van der Waals surface area contributed by atoms with Gasteiger partial charge in [0.15, 0.2) is 4.47 Å². The number of aliphatic carboxylic acids is 1. The highest BCUT2D eigenvalue weighted by Crippen LogP contribution is 2.41. The van der Waals surface area contributed by atoms with E-state index in [1.807, 2.05) is 30.3 Å². The molecule has 1 fully saturated rings. The standard InChI is InChI=1S/C20H15Cl2N3O4S2/c21-16-12(31-20(22)24-16)7-6-11-9-30-18-14(17(27)25(18)15(11)19(28)29)23-13(26)8-10-4-2-1-3-5-10/h1-7,14,18H,8-9H2,(H,23,26)(H,28,29)/t14?,18-/m1/s1. The highest BCUT2D eigenvalue weighted by atomic mass is 35.5. The van der Waals surface area contributed by atoms with Gasteiger partial charge in [-0.3, -0.25) is 14.5 Å². The van der Waals surface area contributed by atoms with Crippen LogP contribution in [-0.4, -0.2) is 49.9 Å². The summed E-state index contributed by atoms with van der Waals surface area (Å²) in [4.78, 5) is 42.7. The molecule has 2 aliphatic heterocycles. The number of halogens is 2. The Morgan fingerprint density at radius 3 is 2.65 bits per heavy atom. The Balaban J connectivity index is 1.49. The van der Waals surface area contributed by atoms with Crippen molar-refractivity contribution in [2.75, 3.05) is 5.75 Å². The largest absolute Gasteiger partial charge is 0.477 e. The van der Waals surface area contributed by atoms with Gasteiger partial charge in [0.2, 0.25) is 5.91 Å². The first-order valence-corrected chi connectivity index (χ1v) is 11.7. The third-order valence-electron chi connectivity index (χ3n) is 4.74. The average molecular weight is 496 g/mol. The van der Waals surface area contributed by atoms with Crippen molar-refractivity contribution in [3.05, 3.63) is 67.7 Å². The minimum absolute atomic E-state index is 0.0923. The molecular weight excluding hydrogens is 481 g/mol. The van der Waals surface area contributed by atoms with Crippen LogP contribution < -0.4 is 5.32 Å². The van der Waals surface area contributed by atoms with E-state index in [2.05, 4.69) is 10.3 Å². The highest BCUT2D eigenvalue weighted by molar-refractivity contribution is 8.00. The molecule has 2 atom stereocenters. The molecule has 2 amide bonds. The lowest BCUT2D eigenvalue weighted by atomic mass is 10.0. The summed E-state index contributed by atoms with van der Waals surface area (Å²) in [7, 11) is 0. The van der Waals surface area contributed by atoms with E-state index in [0.29, 0.717) is 16.2 Å². The number of allylic oxidation sites excluding steroid dienone is 1. The molecule has 2 aliphatic rings. The number of fused-ring (bicyclic) bond motifs is 1. The summed E-state index contributed by atoms with van der Waals surface area (Å²) in [5, 5.41) is 12.2. The van der Waals surface area contributed by atoms with Gasteiger partial charge in [-0.2, -0.15) is 0 Å². The van der Waals surface area contributed by atoms with Gasteiger partial charge in [0.25, 0.3) is 5.91 Å². The topological polar surface area (TPSA) is 99.6 Å². The number of rotatable bonds is 6. The Kier molecular flexibility index (Phi) is 6.38. The van der Waals surface area contributed by atoms with Crippen LogP contribution in [0.5, 0.6) is 0 Å². The van der Waals surface area contributed by atoms with Gasteiger partial charge in [0, 0.05) is 5.75 Å². The zero-order valence-corrected chi connectivity index (χ0v) is 18.9. The second kappa shape index (κ2) is 9.04. The maximum absolute atomic E-state index is 12.7. The molecule has 2 aromatic rings. The van der Waals surface area contributed by atoms with Crippen LogP contribution in [0.25, 0.3) is 6.08 Å². The van der Waals surface area contributed by atoms with Crippen molar-refractivity contribution < 1.29 is 19.5 Å². The molecule has 4 rings (SSSR count). The van der Waals surface area contributed by atoms with Gasteiger partial charge in [-0.25, -0.2) is 9.78 Å². The Hall–Kier alpha value is -2.33. The smallest absolute Gasteiger partial charge is 0.352 e. The minimum Gasteiger partial charge on any atom is -0.477 e. The van der Waals surface area contributed by atoms with E-state index in [1.165, 1.54) is 28.0 Å². The molecule has 0 radical (unpaired) electrons. The Morgan fingerprint density at radius 2 is 2.00 bits per heavy atom. The Morgan fingerprint density at radius 1 is 1.26 bits per heavy atom. The number of benzene rings is 1. The van der Waals surface area contributed by atoms with Crippen molar-refractivity contribution >= 4 is 70.2 Å². The van der Waals surface area contributed by atoms with E-state index in [4.69, 9.17) is 23.2 Å². The molecule has 3 heterocycles. The maximum atomic E-state index is 12.7. The first-order valence-electron chi connectivity index (χ1n) is 9.09. The molecule has 1 unspecified atom stereocenters. The lowest BCUT2D eigenvalue weighted by Gasteiger charge is -2.49. The zero-order valence-electron chi connectivity index (χ0n) is 15.7. The quantitative estimate of drug-likeness (QED) is 0.595. The lowest BCUT2D eigenvalue weighted by molar-refractivity contribution is -0.150. The number of hydrogen-bond acceptors (Lipinski definition) is 6. The third-order valence-corrected chi connectivity index (χ3v) is 7.57. The van der Waals surface area contributed by atoms with E-state index >= 15 is 0 Å². The van der Waals surface area contributed by atoms with Gasteiger partial charge in [-0.15, -0.1) is 23.1 Å². The number of amides is 2. The van der Waals surface area contributed by atoms with E-state index in [-0.39, 0.29) is 27.6 Å². The zero-order chi connectivity index (χ0) is 22.1.